The number of rotatable bonds is 1. The third-order valence-electron chi connectivity index (χ3n) is 5.55. The van der Waals surface area contributed by atoms with Gasteiger partial charge in [0, 0.05) is 25.0 Å². The van der Waals surface area contributed by atoms with Crippen LogP contribution >= 0.6 is 0 Å². The van der Waals surface area contributed by atoms with Gasteiger partial charge in [-0.1, -0.05) is 12.1 Å². The molecule has 6 nitrogen and oxygen atoms in total. The van der Waals surface area contributed by atoms with E-state index >= 15 is 0 Å². The molecule has 0 aliphatic carbocycles. The molecular weight excluding hydrogens is 304 g/mol. The van der Waals surface area contributed by atoms with E-state index < -0.39 is 5.34 Å². The summed E-state index contributed by atoms with van der Waals surface area (Å²) in [5.74, 6) is 0.241. The Balaban J connectivity index is 1.74. The van der Waals surface area contributed by atoms with Crippen LogP contribution in [0.3, 0.4) is 0 Å². The third kappa shape index (κ3) is 1.98. The SMILES string of the molecule is BC1(B)C(=O)Nc2cccc3c2N1[C@H]1CCN(C(=O)OCC)C[C@@H]31. The van der Waals surface area contributed by atoms with Gasteiger partial charge >= 0.3 is 6.09 Å². The number of para-hydroxylation sites is 1. The second-order valence-electron chi connectivity index (χ2n) is 7.23. The van der Waals surface area contributed by atoms with Gasteiger partial charge in [0.2, 0.25) is 5.91 Å². The molecule has 3 aliphatic heterocycles. The van der Waals surface area contributed by atoms with E-state index in [0.717, 1.165) is 17.8 Å². The number of benzene rings is 1. The molecule has 1 aromatic carbocycles. The standard InChI is InChI=1S/C16H21B2N3O3/c1-2-24-15(23)20-7-6-12-10(8-20)9-4-3-5-11-13(9)21(12)16(17,18)14(22)19-11/h3-5,10,12H,2,6-8,17-18H2,1H3,(H,19,22)/t10-,12-/m0/s1. The molecule has 1 fully saturated rings. The number of anilines is 2. The quantitative estimate of drug-likeness (QED) is 0.720. The summed E-state index contributed by atoms with van der Waals surface area (Å²) in [5, 5.41) is 2.45. The molecule has 3 heterocycles. The van der Waals surface area contributed by atoms with Gasteiger partial charge in [-0.15, -0.1) is 0 Å². The number of hydrogen-bond acceptors (Lipinski definition) is 4. The van der Waals surface area contributed by atoms with Gasteiger partial charge in [0.1, 0.15) is 15.7 Å². The molecular formula is C16H21B2N3O3. The van der Waals surface area contributed by atoms with Crippen LogP contribution < -0.4 is 10.2 Å². The second kappa shape index (κ2) is 5.19. The van der Waals surface area contributed by atoms with Crippen molar-refractivity contribution in [1.82, 2.24) is 4.90 Å². The molecule has 24 heavy (non-hydrogen) atoms. The molecule has 4 rings (SSSR count). The zero-order valence-electron chi connectivity index (χ0n) is 14.3. The summed E-state index contributed by atoms with van der Waals surface area (Å²) in [5.41, 5.74) is 3.23. The molecule has 0 aromatic heterocycles. The number of carbonyl (C=O) groups excluding carboxylic acids is 2. The van der Waals surface area contributed by atoms with Gasteiger partial charge in [0.25, 0.3) is 0 Å². The number of nitrogens with zero attached hydrogens (tertiary/aromatic N) is 2. The van der Waals surface area contributed by atoms with Crippen molar-refractivity contribution in [1.29, 1.82) is 0 Å². The molecule has 1 saturated heterocycles. The van der Waals surface area contributed by atoms with Crippen molar-refractivity contribution in [2.45, 2.75) is 30.6 Å². The molecule has 2 atom stereocenters. The highest BCUT2D eigenvalue weighted by atomic mass is 16.6. The van der Waals surface area contributed by atoms with Gasteiger partial charge in [-0.05, 0) is 25.0 Å². The average Bonchev–Trinajstić information content (AvgIpc) is 2.89. The van der Waals surface area contributed by atoms with Gasteiger partial charge in [-0.3, -0.25) is 4.79 Å². The zero-order valence-corrected chi connectivity index (χ0v) is 14.3. The first-order valence-electron chi connectivity index (χ1n) is 8.60. The van der Waals surface area contributed by atoms with Crippen LogP contribution in [-0.4, -0.2) is 63.7 Å². The first-order chi connectivity index (χ1) is 11.4. The summed E-state index contributed by atoms with van der Waals surface area (Å²) in [7, 11) is 3.95. The van der Waals surface area contributed by atoms with Crippen LogP contribution in [0, 0.1) is 0 Å². The smallest absolute Gasteiger partial charge is 0.409 e. The summed E-state index contributed by atoms with van der Waals surface area (Å²) < 4.78 is 5.17. The van der Waals surface area contributed by atoms with Crippen molar-refractivity contribution in [3.05, 3.63) is 23.8 Å². The summed E-state index contributed by atoms with van der Waals surface area (Å²) in [4.78, 5) is 28.8. The van der Waals surface area contributed by atoms with Gasteiger partial charge in [0.05, 0.1) is 23.3 Å². The number of likely N-dealkylation sites (tertiary alicyclic amines) is 1. The van der Waals surface area contributed by atoms with E-state index in [1.54, 1.807) is 4.90 Å². The van der Waals surface area contributed by atoms with Crippen LogP contribution in [0.1, 0.15) is 24.8 Å². The Hall–Kier alpha value is -2.11. The van der Waals surface area contributed by atoms with Crippen LogP contribution in [0.5, 0.6) is 0 Å². The van der Waals surface area contributed by atoms with Crippen molar-refractivity contribution in [3.8, 4) is 0 Å². The Morgan fingerprint density at radius 3 is 3.00 bits per heavy atom. The normalized spacial score (nSPS) is 26.5. The third-order valence-corrected chi connectivity index (χ3v) is 5.55. The predicted octanol–water partition coefficient (Wildman–Crippen LogP) is -0.307. The number of carbonyl (C=O) groups is 2. The Labute approximate surface area is 143 Å². The first-order valence-corrected chi connectivity index (χ1v) is 8.60. The monoisotopic (exact) mass is 325 g/mol. The van der Waals surface area contributed by atoms with Gasteiger partial charge in [0.15, 0.2) is 0 Å². The molecule has 1 aromatic rings. The van der Waals surface area contributed by atoms with Crippen LogP contribution in [0.25, 0.3) is 0 Å². The summed E-state index contributed by atoms with van der Waals surface area (Å²) in [6, 6.07) is 6.31. The van der Waals surface area contributed by atoms with Crippen molar-refractivity contribution in [3.63, 3.8) is 0 Å². The van der Waals surface area contributed by atoms with Gasteiger partial charge < -0.3 is 19.9 Å². The molecule has 2 amide bonds. The fraction of sp³-hybridized carbons (Fsp3) is 0.500. The molecule has 1 N–H and O–H groups in total. The van der Waals surface area contributed by atoms with E-state index in [-0.39, 0.29) is 24.0 Å². The fourth-order valence-corrected chi connectivity index (χ4v) is 4.41. The first kappa shape index (κ1) is 15.4. The molecule has 0 saturated carbocycles. The lowest BCUT2D eigenvalue weighted by atomic mass is 9.58. The van der Waals surface area contributed by atoms with E-state index in [0.29, 0.717) is 19.7 Å². The number of hydrogen-bond donors (Lipinski definition) is 1. The maximum absolute atomic E-state index is 12.6. The number of nitrogens with one attached hydrogen (secondary N) is 1. The lowest BCUT2D eigenvalue weighted by Crippen LogP contribution is -2.64. The lowest BCUT2D eigenvalue weighted by molar-refractivity contribution is -0.117. The van der Waals surface area contributed by atoms with Crippen molar-refractivity contribution in [2.75, 3.05) is 29.9 Å². The summed E-state index contributed by atoms with van der Waals surface area (Å²) in [6.45, 7) is 3.52. The number of ether oxygens (including phenoxy) is 1. The molecule has 3 aliphatic rings. The highest BCUT2D eigenvalue weighted by Crippen LogP contribution is 2.52. The van der Waals surface area contributed by atoms with E-state index in [9.17, 15) is 9.59 Å². The highest BCUT2D eigenvalue weighted by Gasteiger charge is 2.52. The van der Waals surface area contributed by atoms with Crippen molar-refractivity contribution >= 4 is 39.1 Å². The number of amides is 2. The van der Waals surface area contributed by atoms with Gasteiger partial charge in [-0.2, -0.15) is 0 Å². The van der Waals surface area contributed by atoms with Gasteiger partial charge in [-0.25, -0.2) is 4.79 Å². The largest absolute Gasteiger partial charge is 0.450 e. The molecule has 8 heteroatoms. The van der Waals surface area contributed by atoms with E-state index in [2.05, 4.69) is 16.3 Å². The van der Waals surface area contributed by atoms with E-state index in [1.807, 2.05) is 34.7 Å². The Morgan fingerprint density at radius 2 is 2.25 bits per heavy atom. The van der Waals surface area contributed by atoms with Crippen molar-refractivity contribution in [2.24, 2.45) is 0 Å². The lowest BCUT2D eigenvalue weighted by Gasteiger charge is -2.47. The average molecular weight is 325 g/mol. The minimum atomic E-state index is -0.589. The minimum absolute atomic E-state index is 0.0284. The van der Waals surface area contributed by atoms with Crippen LogP contribution in [0.4, 0.5) is 16.2 Å². The van der Waals surface area contributed by atoms with Crippen LogP contribution in [0.2, 0.25) is 0 Å². The number of piperidine rings is 1. The van der Waals surface area contributed by atoms with Crippen LogP contribution in [0.15, 0.2) is 18.2 Å². The maximum Gasteiger partial charge on any atom is 0.409 e. The molecule has 0 bridgehead atoms. The van der Waals surface area contributed by atoms with E-state index in [4.69, 9.17) is 4.74 Å². The zero-order chi connectivity index (χ0) is 17.1. The highest BCUT2D eigenvalue weighted by molar-refractivity contribution is 6.55. The maximum atomic E-state index is 12.6. The number of fused-ring (bicyclic) bond motifs is 3. The molecule has 0 radical (unpaired) electrons. The molecule has 124 valence electrons. The fourth-order valence-electron chi connectivity index (χ4n) is 4.41. The predicted molar refractivity (Wildman–Crippen MR) is 97.1 cm³/mol. The Kier molecular flexibility index (Phi) is 3.34. The molecule has 0 spiro atoms. The van der Waals surface area contributed by atoms with E-state index in [1.165, 1.54) is 5.56 Å². The minimum Gasteiger partial charge on any atom is -0.450 e. The Bertz CT molecular complexity index is 725. The summed E-state index contributed by atoms with van der Waals surface area (Å²) in [6.07, 6.45) is 0.601. The van der Waals surface area contributed by atoms with Crippen LogP contribution in [-0.2, 0) is 9.53 Å². The van der Waals surface area contributed by atoms with Crippen molar-refractivity contribution < 1.29 is 14.3 Å². The molecule has 0 unspecified atom stereocenters. The topological polar surface area (TPSA) is 61.9 Å². The second-order valence-corrected chi connectivity index (χ2v) is 7.23. The Morgan fingerprint density at radius 1 is 1.46 bits per heavy atom. The summed E-state index contributed by atoms with van der Waals surface area (Å²) >= 11 is 0.